The van der Waals surface area contributed by atoms with Crippen molar-refractivity contribution in [2.75, 3.05) is 119 Å². The van der Waals surface area contributed by atoms with Crippen LogP contribution in [-0.2, 0) is 138 Å². The predicted molar refractivity (Wildman–Crippen MR) is 558 cm³/mol. The van der Waals surface area contributed by atoms with E-state index in [2.05, 4.69) is 43.6 Å². The fourth-order valence-electron chi connectivity index (χ4n) is 12.0. The zero-order valence-electron chi connectivity index (χ0n) is 94.0. The Hall–Kier alpha value is -10.9. The maximum atomic E-state index is 12.0. The zero-order chi connectivity index (χ0) is 114. The molecule has 4 unspecified atom stereocenters. The quantitative estimate of drug-likeness (QED) is 0.0200. The standard InChI is InChI=1S/2C24H43NO8.C23H43NO6.C16H26O6.C12H20O6.C11H14O2/c2*1-5-7-16-30-21(27)14-10-12-17-31-20(26)13-9-8-11-18-33-23(29)25-15-19-32-22(28)24(3,4)6-2;1-6-9-13-19(7-2)18-30-20(25)14-11-10-12-16-29-22(27)24-15-17-28-21(26)23(4,5)8-3;1-4-16(2,3)15(20)22-10-9-21-14(19)12-8-6-5-7-11(12)13(17)18;1-4-12(2,3)11(16)18-8-7-17-10(15)6-5-9(13)14;1-3-8(2)9-4-6-10(7-5-9)11(12)13/h2*5-19H2,1-4H3,(H,25,29);19H,6-18H2,1-5H3,(H,24,27);11-12H,4-10H2,1-3H3,(H,17,18);4-8H2,1-3H3,(H,13,14);4-8H,3H2,1-2H3,(H,12,13). The van der Waals surface area contributed by atoms with Gasteiger partial charge in [0, 0.05) is 32.1 Å². The van der Waals surface area contributed by atoms with Gasteiger partial charge in [-0.05, 0) is 253 Å². The van der Waals surface area contributed by atoms with Gasteiger partial charge in [-0.15, -0.1) is 0 Å². The summed E-state index contributed by atoms with van der Waals surface area (Å²) in [6.45, 7) is 43.8. The van der Waals surface area contributed by atoms with Crippen LogP contribution in [0.15, 0.2) is 24.3 Å². The van der Waals surface area contributed by atoms with Crippen LogP contribution >= 0.6 is 0 Å². The Morgan fingerprint density at radius 1 is 0.302 bits per heavy atom. The monoisotopic (exact) mass is 2130 g/mol. The molecule has 0 spiro atoms. The number of ether oxygens (including phenoxy) is 15. The first-order valence-electron chi connectivity index (χ1n) is 53.9. The molecular weight excluding hydrogens is 1940 g/mol. The third-order valence-corrected chi connectivity index (χ3v) is 24.8. The van der Waals surface area contributed by atoms with Gasteiger partial charge in [-0.25, -0.2) is 19.2 Å². The van der Waals surface area contributed by atoms with Gasteiger partial charge in [0.1, 0.15) is 46.2 Å². The third-order valence-electron chi connectivity index (χ3n) is 24.8. The van der Waals surface area contributed by atoms with Gasteiger partial charge in [0.2, 0.25) is 0 Å². The van der Waals surface area contributed by atoms with Crippen LogP contribution in [0.25, 0.3) is 0 Å². The molecule has 1 aliphatic rings. The lowest BCUT2D eigenvalue weighted by atomic mass is 9.79. The molecule has 0 aromatic heterocycles. The van der Waals surface area contributed by atoms with Crippen molar-refractivity contribution in [3.8, 4) is 0 Å². The minimum Gasteiger partial charge on any atom is -0.481 e. The van der Waals surface area contributed by atoms with Gasteiger partial charge in [-0.2, -0.15) is 0 Å². The van der Waals surface area contributed by atoms with E-state index in [-0.39, 0.29) is 152 Å². The zero-order valence-corrected chi connectivity index (χ0v) is 94.0. The van der Waals surface area contributed by atoms with E-state index < -0.39 is 87.0 Å². The molecule has 39 nitrogen and oxygen atoms in total. The van der Waals surface area contributed by atoms with Crippen LogP contribution in [0.4, 0.5) is 14.4 Å². The van der Waals surface area contributed by atoms with Crippen molar-refractivity contribution in [3.63, 3.8) is 0 Å². The average Bonchev–Trinajstić information content (AvgIpc) is 0.880. The number of hydrogen-bond acceptors (Lipinski definition) is 33. The molecule has 1 aliphatic carbocycles. The highest BCUT2D eigenvalue weighted by Crippen LogP contribution is 2.32. The minimum atomic E-state index is -1.05. The first-order chi connectivity index (χ1) is 70.4. The van der Waals surface area contributed by atoms with Gasteiger partial charge in [-0.3, -0.25) is 67.1 Å². The van der Waals surface area contributed by atoms with Crippen molar-refractivity contribution in [2.45, 2.75) is 395 Å². The SMILES string of the molecule is CCC(C)(C)C(=O)OCCOC(=O)C1CCCCC1C(=O)O.CCC(C)(C)C(=O)OCCOC(=O)CCC(=O)O.CCC(C)c1ccc(C(=O)O)cc1.CCCCC(CC)COC(=O)CCCCCOC(=O)NCCOC(=O)C(C)(C)CC.CCCCOC(=O)CCCCOC(=O)CCCCCOC(=O)NCCOC(=O)C(C)(C)CC.CCCCOC(=O)CCCCOC(=O)CCCCCOC(=O)NCCOC(=O)C(C)(C)CC. The third kappa shape index (κ3) is 79.8. The van der Waals surface area contributed by atoms with Crippen molar-refractivity contribution in [1.29, 1.82) is 0 Å². The largest absolute Gasteiger partial charge is 0.481 e. The van der Waals surface area contributed by atoms with Gasteiger partial charge in [0.05, 0.1) is 130 Å². The van der Waals surface area contributed by atoms with Crippen LogP contribution < -0.4 is 16.0 Å². The number of amides is 3. The van der Waals surface area contributed by atoms with Gasteiger partial charge in [-0.1, -0.05) is 133 Å². The van der Waals surface area contributed by atoms with Crippen LogP contribution in [-0.4, -0.2) is 242 Å². The Morgan fingerprint density at radius 3 is 0.893 bits per heavy atom. The van der Waals surface area contributed by atoms with Crippen LogP contribution in [0.5, 0.6) is 0 Å². The lowest BCUT2D eigenvalue weighted by molar-refractivity contribution is -0.164. The molecule has 6 N–H and O–H groups in total. The number of hydrogen-bond donors (Lipinski definition) is 6. The molecular formula is C110H189N3O36. The summed E-state index contributed by atoms with van der Waals surface area (Å²) in [5.41, 5.74) is -1.12. The van der Waals surface area contributed by atoms with E-state index in [1.807, 2.05) is 102 Å². The number of nitrogens with one attached hydrogen (secondary N) is 3. The van der Waals surface area contributed by atoms with E-state index in [0.29, 0.717) is 192 Å². The molecule has 1 aromatic rings. The molecule has 860 valence electrons. The smallest absolute Gasteiger partial charge is 0.407 e. The Labute approximate surface area is 886 Å². The molecule has 2 rings (SSSR count). The summed E-state index contributed by atoms with van der Waals surface area (Å²) < 4.78 is 76.1. The molecule has 39 heteroatoms. The first kappa shape index (κ1) is 144. The molecule has 1 aromatic carbocycles. The molecule has 0 aliphatic heterocycles. The highest BCUT2D eigenvalue weighted by atomic mass is 16.6. The highest BCUT2D eigenvalue weighted by molar-refractivity contribution is 5.87. The number of esters is 12. The Kier molecular flexibility index (Phi) is 86.0. The lowest BCUT2D eigenvalue weighted by Gasteiger charge is -2.26. The minimum absolute atomic E-state index is 0.00153. The van der Waals surface area contributed by atoms with Gasteiger partial charge in [0.15, 0.2) is 0 Å². The summed E-state index contributed by atoms with van der Waals surface area (Å²) in [4.78, 5) is 206. The summed E-state index contributed by atoms with van der Waals surface area (Å²) in [5, 5.41) is 33.8. The number of benzene rings is 1. The lowest BCUT2D eigenvalue weighted by Crippen LogP contribution is -2.34. The van der Waals surface area contributed by atoms with Crippen molar-refractivity contribution >= 4 is 108 Å². The predicted octanol–water partition coefficient (Wildman–Crippen LogP) is 20.3. The molecule has 1 fully saturated rings. The van der Waals surface area contributed by atoms with Crippen molar-refractivity contribution in [3.05, 3.63) is 35.4 Å². The van der Waals surface area contributed by atoms with Gasteiger partial charge >= 0.3 is 108 Å². The molecule has 1 saturated carbocycles. The molecule has 0 bridgehead atoms. The average molecular weight is 2130 g/mol. The number of rotatable bonds is 73. The van der Waals surface area contributed by atoms with Crippen LogP contribution in [0, 0.1) is 44.8 Å². The summed E-state index contributed by atoms with van der Waals surface area (Å²) >= 11 is 0. The molecule has 3 amide bonds. The fraction of sp³-hybridized carbons (Fsp3) is 0.782. The van der Waals surface area contributed by atoms with E-state index in [1.165, 1.54) is 12.0 Å². The van der Waals surface area contributed by atoms with Gasteiger partial charge in [0.25, 0.3) is 0 Å². The van der Waals surface area contributed by atoms with Crippen LogP contribution in [0.3, 0.4) is 0 Å². The summed E-state index contributed by atoms with van der Waals surface area (Å²) in [5.74, 6) is -6.87. The normalized spacial score (nSPS) is 12.9. The number of alkyl carbamates (subject to hydrolysis) is 3. The highest BCUT2D eigenvalue weighted by Gasteiger charge is 2.38. The molecule has 0 saturated heterocycles. The topological polar surface area (TPSA) is 542 Å². The molecule has 4 atom stereocenters. The second kappa shape index (κ2) is 88.8. The van der Waals surface area contributed by atoms with Crippen LogP contribution in [0.1, 0.15) is 411 Å². The summed E-state index contributed by atoms with van der Waals surface area (Å²) in [6, 6.07) is 7.09. The Balaban J connectivity index is -0.000000866. The van der Waals surface area contributed by atoms with Crippen molar-refractivity contribution in [2.24, 2.45) is 44.8 Å². The number of carbonyl (C=O) groups is 18. The van der Waals surface area contributed by atoms with E-state index in [9.17, 15) is 86.3 Å². The number of carboxylic acid groups (broad SMARTS) is 3. The second-order valence-electron chi connectivity index (χ2n) is 39.4. The number of carbonyl (C=O) groups excluding carboxylic acids is 15. The molecule has 0 heterocycles. The van der Waals surface area contributed by atoms with Crippen LogP contribution in [0.2, 0.25) is 0 Å². The van der Waals surface area contributed by atoms with E-state index >= 15 is 0 Å². The van der Waals surface area contributed by atoms with Crippen molar-refractivity contribution < 1.29 is 173 Å². The summed E-state index contributed by atoms with van der Waals surface area (Å²) in [7, 11) is 0. The molecule has 149 heavy (non-hydrogen) atoms. The van der Waals surface area contributed by atoms with Gasteiger partial charge < -0.3 is 102 Å². The van der Waals surface area contributed by atoms with Crippen molar-refractivity contribution in [1.82, 2.24) is 16.0 Å². The maximum Gasteiger partial charge on any atom is 0.407 e. The number of aliphatic carboxylic acids is 2. The maximum absolute atomic E-state index is 12.0. The number of unbranched alkanes of at least 4 members (excludes halogenated alkanes) is 11. The Morgan fingerprint density at radius 2 is 0.584 bits per heavy atom. The first-order valence-corrected chi connectivity index (χ1v) is 53.9. The number of carboxylic acids is 3. The summed E-state index contributed by atoms with van der Waals surface area (Å²) in [6.07, 6.45) is 23.7. The Bertz CT molecular complexity index is 3820. The fourth-order valence-corrected chi connectivity index (χ4v) is 12.0. The van der Waals surface area contributed by atoms with E-state index in [4.69, 9.17) is 86.4 Å². The molecule has 0 radical (unpaired) electrons. The second-order valence-corrected chi connectivity index (χ2v) is 39.4. The van der Waals surface area contributed by atoms with E-state index in [0.717, 1.165) is 89.9 Å². The number of aromatic carboxylic acids is 1. The van der Waals surface area contributed by atoms with E-state index in [1.54, 1.807) is 39.8 Å².